The molecule has 10 heteroatoms. The van der Waals surface area contributed by atoms with E-state index in [1.54, 1.807) is 0 Å². The summed E-state index contributed by atoms with van der Waals surface area (Å²) in [4.78, 5) is 72.4. The van der Waals surface area contributed by atoms with Gasteiger partial charge in [-0.2, -0.15) is 0 Å². The van der Waals surface area contributed by atoms with Crippen molar-refractivity contribution < 1.29 is 40.1 Å². The number of Topliss-reactive ketones (excluding diaryl/α,β-unsaturated/α-hetero) is 3. The number of ketones is 3. The Morgan fingerprint density at radius 1 is 0.441 bits per heavy atom. The molecule has 0 atom stereocenters. The van der Waals surface area contributed by atoms with Crippen LogP contribution in [-0.4, -0.2) is 50.4 Å². The molecule has 0 spiro atoms. The number of rotatable bonds is 21. The van der Waals surface area contributed by atoms with Gasteiger partial charge in [0.15, 0.2) is 0 Å². The van der Waals surface area contributed by atoms with E-state index in [4.69, 9.17) is 11.4 Å². The van der Waals surface area contributed by atoms with E-state index in [-0.39, 0.29) is 19.3 Å². The van der Waals surface area contributed by atoms with Gasteiger partial charge in [-0.05, 0) is 19.3 Å². The Morgan fingerprint density at radius 2 is 0.706 bits per heavy atom. The van der Waals surface area contributed by atoms with Crippen LogP contribution in [0.4, 0.5) is 0 Å². The molecule has 0 N–H and O–H groups in total. The minimum Gasteiger partial charge on any atom is -0.545 e. The zero-order valence-corrected chi connectivity index (χ0v) is 22.0. The monoisotopic (exact) mass is 498 g/mol. The Balaban J connectivity index is 4.99. The Labute approximate surface area is 207 Å². The average Bonchev–Trinajstić information content (AvgIpc) is 2.81. The molecule has 9 nitrogen and oxygen atoms in total. The lowest BCUT2D eigenvalue weighted by Gasteiger charge is -2.12. The summed E-state index contributed by atoms with van der Waals surface area (Å²) in [5.74, 6) is -6.47. The molecular formula is C24H39AlO9. The van der Waals surface area contributed by atoms with Gasteiger partial charge in [0.1, 0.15) is 0 Å². The summed E-state index contributed by atoms with van der Waals surface area (Å²) in [6.07, 6.45) is 9.17. The Kier molecular flexibility index (Phi) is 19.1. The van der Waals surface area contributed by atoms with Crippen molar-refractivity contribution >= 4 is 50.4 Å². The highest BCUT2D eigenvalue weighted by Crippen LogP contribution is 2.09. The zero-order chi connectivity index (χ0) is 25.8. The van der Waals surface area contributed by atoms with Crippen LogP contribution in [0.25, 0.3) is 0 Å². The third kappa shape index (κ3) is 15.7. The molecule has 0 aromatic rings. The first kappa shape index (κ1) is 32.0. The minimum atomic E-state index is -3.93. The van der Waals surface area contributed by atoms with Crippen molar-refractivity contribution in [1.29, 1.82) is 0 Å². The quantitative estimate of drug-likeness (QED) is 0.130. The van der Waals surface area contributed by atoms with Crippen LogP contribution in [0, 0.1) is 0 Å². The van der Waals surface area contributed by atoms with Gasteiger partial charge in [-0.15, -0.1) is 0 Å². The van der Waals surface area contributed by atoms with Gasteiger partial charge >= 0.3 is 33.1 Å². The normalized spacial score (nSPS) is 10.3. The lowest BCUT2D eigenvalue weighted by molar-refractivity contribution is -0.158. The van der Waals surface area contributed by atoms with E-state index < -0.39 is 50.4 Å². The van der Waals surface area contributed by atoms with E-state index in [2.05, 4.69) is 0 Å². The number of carbonyl (C=O) groups is 6. The summed E-state index contributed by atoms with van der Waals surface area (Å²) in [5, 5.41) is 0. The average molecular weight is 499 g/mol. The SMILES string of the molecule is CCCCCCC(=O)C(=O)[O][Al]([O]C(=O)C(=O)CCCCCC)[O]C(=O)C(=O)CCCCCC. The van der Waals surface area contributed by atoms with Crippen LogP contribution in [0.15, 0.2) is 0 Å². The summed E-state index contributed by atoms with van der Waals surface area (Å²) in [7, 11) is 0. The number of unbranched alkanes of at least 4 members (excludes halogenated alkanes) is 9. The van der Waals surface area contributed by atoms with Crippen molar-refractivity contribution in [3.63, 3.8) is 0 Å². The van der Waals surface area contributed by atoms with E-state index >= 15 is 0 Å². The molecule has 0 amide bonds. The fourth-order valence-corrected chi connectivity index (χ4v) is 4.04. The molecule has 0 saturated carbocycles. The van der Waals surface area contributed by atoms with Crippen LogP contribution in [0.2, 0.25) is 0 Å². The first-order chi connectivity index (χ1) is 16.3. The third-order valence-corrected chi connectivity index (χ3v) is 6.28. The summed E-state index contributed by atoms with van der Waals surface area (Å²) in [5.41, 5.74) is 0. The maximum atomic E-state index is 12.1. The van der Waals surface area contributed by atoms with E-state index in [0.717, 1.165) is 57.8 Å². The molecule has 34 heavy (non-hydrogen) atoms. The maximum absolute atomic E-state index is 12.1. The molecule has 0 saturated heterocycles. The minimum absolute atomic E-state index is 0.0609. The maximum Gasteiger partial charge on any atom is 1.20 e. The lowest BCUT2D eigenvalue weighted by Crippen LogP contribution is -2.40. The van der Waals surface area contributed by atoms with E-state index in [9.17, 15) is 28.8 Å². The third-order valence-electron chi connectivity index (χ3n) is 5.06. The van der Waals surface area contributed by atoms with Crippen molar-refractivity contribution in [2.45, 2.75) is 117 Å². The number of hydrogen-bond acceptors (Lipinski definition) is 9. The standard InChI is InChI=1S/3C8H14O3.Al/c3*1-2-3-4-5-6-7(9)8(10)11;/h3*2-6H2,1H3,(H,10,11);/q;;;+3/p-3. The fraction of sp³-hybridized carbons (Fsp3) is 0.750. The summed E-state index contributed by atoms with van der Waals surface area (Å²) >= 11 is -3.93. The van der Waals surface area contributed by atoms with Gasteiger partial charge in [0, 0.05) is 19.3 Å². The van der Waals surface area contributed by atoms with Crippen molar-refractivity contribution in [2.75, 3.05) is 0 Å². The topological polar surface area (TPSA) is 130 Å². The summed E-state index contributed by atoms with van der Waals surface area (Å²) < 4.78 is 14.6. The number of carbonyl (C=O) groups excluding carboxylic acids is 6. The molecule has 0 bridgehead atoms. The summed E-state index contributed by atoms with van der Waals surface area (Å²) in [6, 6.07) is 0. The molecular weight excluding hydrogens is 459 g/mol. The Hall–Kier alpha value is -2.05. The lowest BCUT2D eigenvalue weighted by atomic mass is 10.1. The van der Waals surface area contributed by atoms with Crippen LogP contribution >= 0.6 is 0 Å². The van der Waals surface area contributed by atoms with Crippen LogP contribution in [0.1, 0.15) is 117 Å². The van der Waals surface area contributed by atoms with Gasteiger partial charge in [0.2, 0.25) is 17.3 Å². The highest BCUT2D eigenvalue weighted by Gasteiger charge is 2.51. The molecule has 0 heterocycles. The van der Waals surface area contributed by atoms with Crippen LogP contribution in [0.3, 0.4) is 0 Å². The van der Waals surface area contributed by atoms with E-state index in [1.807, 2.05) is 20.8 Å². The van der Waals surface area contributed by atoms with Crippen LogP contribution < -0.4 is 0 Å². The Morgan fingerprint density at radius 3 is 0.941 bits per heavy atom. The molecule has 0 fully saturated rings. The van der Waals surface area contributed by atoms with Gasteiger partial charge < -0.3 is 11.4 Å². The van der Waals surface area contributed by atoms with Crippen molar-refractivity contribution in [1.82, 2.24) is 0 Å². The Bertz CT molecular complexity index is 585. The molecule has 192 valence electrons. The van der Waals surface area contributed by atoms with Gasteiger partial charge in [-0.3, -0.25) is 14.4 Å². The van der Waals surface area contributed by atoms with Crippen LogP contribution in [0.5, 0.6) is 0 Å². The van der Waals surface area contributed by atoms with Crippen molar-refractivity contribution in [3.05, 3.63) is 0 Å². The van der Waals surface area contributed by atoms with Crippen molar-refractivity contribution in [2.24, 2.45) is 0 Å². The second-order valence-corrected chi connectivity index (χ2v) is 9.49. The molecule has 0 aliphatic carbocycles. The smallest absolute Gasteiger partial charge is 0.545 e. The number of hydrogen-bond donors (Lipinski definition) is 0. The van der Waals surface area contributed by atoms with Gasteiger partial charge in [0.05, 0.1) is 0 Å². The second kappa shape index (κ2) is 20.3. The molecule has 0 unspecified atom stereocenters. The highest BCUT2D eigenvalue weighted by atomic mass is 27.3. The summed E-state index contributed by atoms with van der Waals surface area (Å²) in [6.45, 7) is 6.02. The van der Waals surface area contributed by atoms with Gasteiger partial charge in [0.25, 0.3) is 0 Å². The van der Waals surface area contributed by atoms with Crippen molar-refractivity contribution in [3.8, 4) is 0 Å². The predicted octanol–water partition coefficient (Wildman–Crippen LogP) is 4.22. The molecule has 0 aromatic heterocycles. The molecule has 0 aliphatic rings. The molecule has 0 aromatic carbocycles. The molecule has 0 radical (unpaired) electrons. The molecule has 0 aliphatic heterocycles. The first-order valence-corrected chi connectivity index (χ1v) is 13.9. The van der Waals surface area contributed by atoms with Crippen LogP contribution in [-0.2, 0) is 40.1 Å². The van der Waals surface area contributed by atoms with E-state index in [1.165, 1.54) is 0 Å². The van der Waals surface area contributed by atoms with E-state index in [0.29, 0.717) is 19.3 Å². The largest absolute Gasteiger partial charge is 1.20 e. The second-order valence-electron chi connectivity index (χ2n) is 8.21. The first-order valence-electron chi connectivity index (χ1n) is 12.5. The fourth-order valence-electron chi connectivity index (χ4n) is 2.97. The van der Waals surface area contributed by atoms with Gasteiger partial charge in [-0.1, -0.05) is 78.6 Å². The highest BCUT2D eigenvalue weighted by molar-refractivity contribution is 6.55. The predicted molar refractivity (Wildman–Crippen MR) is 125 cm³/mol. The van der Waals surface area contributed by atoms with Gasteiger partial charge in [-0.25, -0.2) is 14.4 Å². The zero-order valence-electron chi connectivity index (χ0n) is 20.9. The molecule has 0 rings (SSSR count).